The number of nitrogens with zero attached hydrogens (tertiary/aromatic N) is 2. The largest absolute Gasteiger partial charge is 0.495 e. The van der Waals surface area contributed by atoms with Gasteiger partial charge in [-0.2, -0.15) is 0 Å². The molecule has 3 rings (SSSR count). The zero-order valence-electron chi connectivity index (χ0n) is 22.5. The van der Waals surface area contributed by atoms with Crippen molar-refractivity contribution in [2.45, 2.75) is 50.7 Å². The number of sulfonamides is 1. The molecule has 0 aliphatic rings. The molecule has 0 heterocycles. The van der Waals surface area contributed by atoms with Crippen LogP contribution in [0.5, 0.6) is 5.75 Å². The summed E-state index contributed by atoms with van der Waals surface area (Å²) in [7, 11) is -2.83. The molecule has 3 aromatic carbocycles. The van der Waals surface area contributed by atoms with Crippen LogP contribution in [-0.4, -0.2) is 50.9 Å². The normalized spacial score (nSPS) is 12.7. The number of rotatable bonds is 12. The highest BCUT2D eigenvalue weighted by atomic mass is 32.2. The van der Waals surface area contributed by atoms with Gasteiger partial charge in [-0.1, -0.05) is 55.5 Å². The monoisotopic (exact) mass is 555 g/mol. The van der Waals surface area contributed by atoms with Crippen molar-refractivity contribution in [3.63, 3.8) is 0 Å². The molecule has 0 saturated carbocycles. The lowest BCUT2D eigenvalue weighted by Gasteiger charge is -2.32. The van der Waals surface area contributed by atoms with Gasteiger partial charge >= 0.3 is 0 Å². The van der Waals surface area contributed by atoms with Crippen LogP contribution >= 0.6 is 0 Å². The Morgan fingerprint density at radius 2 is 1.56 bits per heavy atom. The Balaban J connectivity index is 2.06. The SMILES string of the molecule is CC[C@@H](C)NC(=O)[C@H](C)N(Cc1ccccc1F)C(=O)CN(c1ccccc1OC)S(=O)(=O)c1ccccc1. The first-order chi connectivity index (χ1) is 18.6. The van der Waals surface area contributed by atoms with Gasteiger partial charge in [0.15, 0.2) is 0 Å². The molecule has 2 atom stereocenters. The molecule has 0 bridgehead atoms. The topological polar surface area (TPSA) is 96.0 Å². The zero-order valence-corrected chi connectivity index (χ0v) is 23.3. The number of anilines is 1. The molecular formula is C29H34FN3O5S. The van der Waals surface area contributed by atoms with E-state index in [0.717, 1.165) is 4.31 Å². The van der Waals surface area contributed by atoms with Crippen LogP contribution in [0.25, 0.3) is 0 Å². The van der Waals surface area contributed by atoms with Crippen molar-refractivity contribution >= 4 is 27.5 Å². The van der Waals surface area contributed by atoms with Crippen molar-refractivity contribution in [3.05, 3.63) is 90.2 Å². The number of methoxy groups -OCH3 is 1. The molecule has 0 radical (unpaired) electrons. The molecule has 2 amide bonds. The number of ether oxygens (including phenoxy) is 1. The number of carbonyl (C=O) groups is 2. The lowest BCUT2D eigenvalue weighted by atomic mass is 10.1. The second-order valence-electron chi connectivity index (χ2n) is 9.10. The number of nitrogens with one attached hydrogen (secondary N) is 1. The summed E-state index contributed by atoms with van der Waals surface area (Å²) in [6.07, 6.45) is 0.677. The number of benzene rings is 3. The fourth-order valence-electron chi connectivity index (χ4n) is 3.93. The summed E-state index contributed by atoms with van der Waals surface area (Å²) in [6, 6.07) is 19.0. The fourth-order valence-corrected chi connectivity index (χ4v) is 5.37. The third-order valence-electron chi connectivity index (χ3n) is 6.43. The number of halogens is 1. The minimum absolute atomic E-state index is 0.0214. The fraction of sp³-hybridized carbons (Fsp3) is 0.310. The van der Waals surface area contributed by atoms with E-state index in [1.54, 1.807) is 42.5 Å². The third kappa shape index (κ3) is 7.14. The summed E-state index contributed by atoms with van der Waals surface area (Å²) in [5.41, 5.74) is 0.351. The van der Waals surface area contributed by atoms with Crippen LogP contribution in [0, 0.1) is 5.82 Å². The van der Waals surface area contributed by atoms with Gasteiger partial charge in [-0.25, -0.2) is 12.8 Å². The van der Waals surface area contributed by atoms with Gasteiger partial charge in [0.1, 0.15) is 24.2 Å². The summed E-state index contributed by atoms with van der Waals surface area (Å²) in [6.45, 7) is 4.41. The van der Waals surface area contributed by atoms with Gasteiger partial charge in [0, 0.05) is 18.2 Å². The molecule has 1 N–H and O–H groups in total. The van der Waals surface area contributed by atoms with E-state index in [4.69, 9.17) is 4.74 Å². The summed E-state index contributed by atoms with van der Waals surface area (Å²) < 4.78 is 48.6. The van der Waals surface area contributed by atoms with E-state index in [0.29, 0.717) is 6.42 Å². The predicted octanol–water partition coefficient (Wildman–Crippen LogP) is 4.36. The van der Waals surface area contributed by atoms with Crippen LogP contribution in [0.2, 0.25) is 0 Å². The van der Waals surface area contributed by atoms with Crippen LogP contribution in [0.4, 0.5) is 10.1 Å². The van der Waals surface area contributed by atoms with E-state index in [1.165, 1.54) is 55.3 Å². The number of carbonyl (C=O) groups excluding carboxylic acids is 2. The summed E-state index contributed by atoms with van der Waals surface area (Å²) >= 11 is 0. The molecule has 3 aromatic rings. The molecule has 0 aliphatic heterocycles. The number of hydrogen-bond acceptors (Lipinski definition) is 5. The second-order valence-corrected chi connectivity index (χ2v) is 11.0. The highest BCUT2D eigenvalue weighted by molar-refractivity contribution is 7.92. The van der Waals surface area contributed by atoms with Gasteiger partial charge < -0.3 is 15.0 Å². The van der Waals surface area contributed by atoms with E-state index in [-0.39, 0.29) is 34.5 Å². The van der Waals surface area contributed by atoms with Crippen molar-refractivity contribution in [2.75, 3.05) is 18.0 Å². The average Bonchev–Trinajstić information content (AvgIpc) is 2.95. The van der Waals surface area contributed by atoms with Gasteiger partial charge in [0.2, 0.25) is 11.8 Å². The summed E-state index contributed by atoms with van der Waals surface area (Å²) in [5, 5.41) is 2.85. The van der Waals surface area contributed by atoms with Crippen LogP contribution in [-0.2, 0) is 26.2 Å². The molecule has 0 fully saturated rings. The second kappa shape index (κ2) is 13.2. The van der Waals surface area contributed by atoms with Gasteiger partial charge in [0.05, 0.1) is 17.7 Å². The van der Waals surface area contributed by atoms with Crippen LogP contribution < -0.4 is 14.4 Å². The van der Waals surface area contributed by atoms with E-state index >= 15 is 0 Å². The summed E-state index contributed by atoms with van der Waals surface area (Å²) in [4.78, 5) is 28.1. The molecule has 208 valence electrons. The van der Waals surface area contributed by atoms with Crippen LogP contribution in [0.15, 0.2) is 83.8 Å². The third-order valence-corrected chi connectivity index (χ3v) is 8.20. The maximum atomic E-state index is 14.6. The quantitative estimate of drug-likeness (QED) is 0.358. The first-order valence-corrected chi connectivity index (χ1v) is 14.1. The Kier molecular flexibility index (Phi) is 10.1. The predicted molar refractivity (Wildman–Crippen MR) is 148 cm³/mol. The Bertz CT molecular complexity index is 1380. The maximum Gasteiger partial charge on any atom is 0.264 e. The molecule has 10 heteroatoms. The Hall–Kier alpha value is -3.92. The average molecular weight is 556 g/mol. The van der Waals surface area contributed by atoms with E-state index in [1.807, 2.05) is 13.8 Å². The van der Waals surface area contributed by atoms with Gasteiger partial charge in [0.25, 0.3) is 10.0 Å². The lowest BCUT2D eigenvalue weighted by Crippen LogP contribution is -2.52. The van der Waals surface area contributed by atoms with E-state index in [2.05, 4.69) is 5.32 Å². The maximum absolute atomic E-state index is 14.6. The van der Waals surface area contributed by atoms with Crippen molar-refractivity contribution in [2.24, 2.45) is 0 Å². The highest BCUT2D eigenvalue weighted by Gasteiger charge is 2.34. The minimum Gasteiger partial charge on any atom is -0.495 e. The summed E-state index contributed by atoms with van der Waals surface area (Å²) in [5.74, 6) is -1.41. The molecular weight excluding hydrogens is 521 g/mol. The molecule has 0 aliphatic carbocycles. The number of amides is 2. The zero-order chi connectivity index (χ0) is 28.6. The van der Waals surface area contributed by atoms with Crippen LogP contribution in [0.3, 0.4) is 0 Å². The standard InChI is InChI=1S/C29H34FN3O5S/c1-5-21(2)31-29(35)22(3)32(19-23-13-9-10-16-25(23)30)28(34)20-33(26-17-11-12-18-27(26)38-4)39(36,37)24-14-7-6-8-15-24/h6-18,21-22H,5,19-20H2,1-4H3,(H,31,35)/t21-,22+/m1/s1. The molecule has 8 nitrogen and oxygen atoms in total. The Morgan fingerprint density at radius 1 is 0.949 bits per heavy atom. The molecule has 0 unspecified atom stereocenters. The number of para-hydroxylation sites is 2. The Morgan fingerprint density at radius 3 is 2.21 bits per heavy atom. The lowest BCUT2D eigenvalue weighted by molar-refractivity contribution is -0.139. The molecule has 39 heavy (non-hydrogen) atoms. The number of hydrogen-bond donors (Lipinski definition) is 1. The van der Waals surface area contributed by atoms with Gasteiger partial charge in [-0.05, 0) is 50.6 Å². The van der Waals surface area contributed by atoms with Gasteiger partial charge in [-0.3, -0.25) is 13.9 Å². The van der Waals surface area contributed by atoms with E-state index in [9.17, 15) is 22.4 Å². The minimum atomic E-state index is -4.23. The molecule has 0 saturated heterocycles. The van der Waals surface area contributed by atoms with Gasteiger partial charge in [-0.15, -0.1) is 0 Å². The first kappa shape index (κ1) is 29.6. The van der Waals surface area contributed by atoms with Crippen molar-refractivity contribution < 1.29 is 27.1 Å². The smallest absolute Gasteiger partial charge is 0.264 e. The Labute approximate surface area is 229 Å². The highest BCUT2D eigenvalue weighted by Crippen LogP contribution is 2.32. The first-order valence-electron chi connectivity index (χ1n) is 12.6. The van der Waals surface area contributed by atoms with Crippen molar-refractivity contribution in [1.29, 1.82) is 0 Å². The molecule has 0 spiro atoms. The van der Waals surface area contributed by atoms with Crippen LogP contribution in [0.1, 0.15) is 32.8 Å². The molecule has 0 aromatic heterocycles. The van der Waals surface area contributed by atoms with Crippen molar-refractivity contribution in [1.82, 2.24) is 10.2 Å². The van der Waals surface area contributed by atoms with E-state index < -0.39 is 40.2 Å². The van der Waals surface area contributed by atoms with Crippen molar-refractivity contribution in [3.8, 4) is 5.75 Å².